The monoisotopic (exact) mass is 512 g/mol. The molecule has 0 bridgehead atoms. The summed E-state index contributed by atoms with van der Waals surface area (Å²) < 4.78 is 59.4. The van der Waals surface area contributed by atoms with Crippen molar-refractivity contribution >= 4 is 43.1 Å². The predicted molar refractivity (Wildman–Crippen MR) is 132 cm³/mol. The number of fused-ring (bicyclic) bond motifs is 2. The zero-order valence-corrected chi connectivity index (χ0v) is 20.6. The summed E-state index contributed by atoms with van der Waals surface area (Å²) in [6, 6.07) is 12.6. The summed E-state index contributed by atoms with van der Waals surface area (Å²) in [6.07, 6.45) is 4.80. The number of carbonyl (C=O) groups excluding carboxylic acids is 1. The molecule has 0 fully saturated rings. The number of benzene rings is 2. The van der Waals surface area contributed by atoms with Crippen molar-refractivity contribution in [2.75, 3.05) is 12.4 Å². The summed E-state index contributed by atoms with van der Waals surface area (Å²) >= 11 is 0. The number of carbonyl (C=O) groups is 1. The number of aryl methyl sites for hydroxylation is 1. The van der Waals surface area contributed by atoms with Gasteiger partial charge in [0, 0.05) is 23.2 Å². The van der Waals surface area contributed by atoms with Crippen LogP contribution in [0.5, 0.6) is 0 Å². The lowest BCUT2D eigenvalue weighted by Gasteiger charge is -2.11. The molecule has 1 aromatic heterocycles. The number of sulfonamides is 1. The maximum Gasteiger partial charge on any atom is 0.256 e. The lowest BCUT2D eigenvalue weighted by molar-refractivity contribution is -0.110. The van der Waals surface area contributed by atoms with Gasteiger partial charge in [-0.2, -0.15) is 0 Å². The Morgan fingerprint density at radius 1 is 1.00 bits per heavy atom. The quantitative estimate of drug-likeness (QED) is 0.487. The fraction of sp³-hybridized carbons (Fsp3) is 0.240. The van der Waals surface area contributed by atoms with Gasteiger partial charge in [-0.15, -0.1) is 0 Å². The number of hydrogen-bond donors (Lipinski definition) is 2. The molecule has 0 unspecified atom stereocenters. The van der Waals surface area contributed by atoms with Crippen molar-refractivity contribution in [3.63, 3.8) is 0 Å². The summed E-state index contributed by atoms with van der Waals surface area (Å²) in [5.41, 5.74) is 2.55. The molecule has 2 N–H and O–H groups in total. The molecule has 1 aliphatic heterocycles. The van der Waals surface area contributed by atoms with E-state index in [0.717, 1.165) is 24.2 Å². The highest BCUT2D eigenvalue weighted by molar-refractivity contribution is 7.90. The topological polar surface area (TPSA) is 123 Å². The molecule has 35 heavy (non-hydrogen) atoms. The first-order valence-electron chi connectivity index (χ1n) is 11.2. The third kappa shape index (κ3) is 4.33. The number of furan rings is 1. The van der Waals surface area contributed by atoms with E-state index in [0.29, 0.717) is 35.4 Å². The highest BCUT2D eigenvalue weighted by Gasteiger charge is 2.30. The minimum absolute atomic E-state index is 0.0202. The number of nitrogens with one attached hydrogen (secondary N) is 2. The van der Waals surface area contributed by atoms with Crippen molar-refractivity contribution < 1.29 is 26.0 Å². The van der Waals surface area contributed by atoms with Gasteiger partial charge in [-0.05, 0) is 68.3 Å². The van der Waals surface area contributed by atoms with Gasteiger partial charge >= 0.3 is 0 Å². The average Bonchev–Trinajstić information content (AvgIpc) is 3.36. The minimum atomic E-state index is -3.72. The van der Waals surface area contributed by atoms with E-state index < -0.39 is 25.8 Å². The van der Waals surface area contributed by atoms with Crippen molar-refractivity contribution in [1.82, 2.24) is 4.72 Å². The van der Waals surface area contributed by atoms with E-state index >= 15 is 0 Å². The number of rotatable bonds is 6. The van der Waals surface area contributed by atoms with Gasteiger partial charge in [-0.1, -0.05) is 18.2 Å². The Kier molecular flexibility index (Phi) is 5.90. The number of sulfone groups is 1. The molecule has 10 heteroatoms. The predicted octanol–water partition coefficient (Wildman–Crippen LogP) is 3.53. The van der Waals surface area contributed by atoms with Crippen LogP contribution in [0.25, 0.3) is 11.6 Å². The molecule has 0 saturated carbocycles. The molecule has 1 aliphatic carbocycles. The van der Waals surface area contributed by atoms with E-state index in [4.69, 9.17) is 4.42 Å². The first kappa shape index (κ1) is 23.5. The van der Waals surface area contributed by atoms with Gasteiger partial charge in [-0.25, -0.2) is 21.6 Å². The van der Waals surface area contributed by atoms with Gasteiger partial charge in [0.2, 0.25) is 10.0 Å². The highest BCUT2D eigenvalue weighted by Crippen LogP contribution is 2.38. The molecule has 5 rings (SSSR count). The first-order chi connectivity index (χ1) is 16.7. The van der Waals surface area contributed by atoms with E-state index in [1.165, 1.54) is 31.3 Å². The molecule has 2 heterocycles. The molecule has 0 radical (unpaired) electrons. The molecule has 8 nitrogen and oxygen atoms in total. The van der Waals surface area contributed by atoms with Crippen LogP contribution in [0, 0.1) is 0 Å². The van der Waals surface area contributed by atoms with E-state index in [1.54, 1.807) is 30.3 Å². The van der Waals surface area contributed by atoms with Crippen LogP contribution in [0.15, 0.2) is 62.7 Å². The Morgan fingerprint density at radius 2 is 1.74 bits per heavy atom. The van der Waals surface area contributed by atoms with Crippen LogP contribution in [0.3, 0.4) is 0 Å². The number of amides is 1. The molecular weight excluding hydrogens is 488 g/mol. The SMILES string of the molecule is CNS(=O)(=O)c1ccc2c(c1)C(=Cc1oc3c(c1CS(=O)(=O)c1ccccc1)CCCC3)C(=O)N2. The highest BCUT2D eigenvalue weighted by atomic mass is 32.2. The lowest BCUT2D eigenvalue weighted by atomic mass is 9.95. The average molecular weight is 513 g/mol. The fourth-order valence-corrected chi connectivity index (χ4v) is 6.75. The van der Waals surface area contributed by atoms with Crippen LogP contribution in [0.4, 0.5) is 5.69 Å². The van der Waals surface area contributed by atoms with Gasteiger partial charge in [0.15, 0.2) is 9.84 Å². The third-order valence-electron chi connectivity index (χ3n) is 6.38. The van der Waals surface area contributed by atoms with E-state index in [-0.39, 0.29) is 21.1 Å². The Bertz CT molecular complexity index is 1570. The standard InChI is InChI=1S/C25H24N2O6S2/c1-26-35(31,32)17-11-12-22-19(13-17)20(25(28)27-22)14-24-21(18-9-5-6-10-23(18)33-24)15-34(29,30)16-7-3-2-4-8-16/h2-4,7-8,11-14,26H,5-6,9-10,15H2,1H3,(H,27,28). The molecule has 3 aromatic rings. The Hall–Kier alpha value is -3.21. The van der Waals surface area contributed by atoms with Gasteiger partial charge in [0.25, 0.3) is 5.91 Å². The summed E-state index contributed by atoms with van der Waals surface area (Å²) in [7, 11) is -6.06. The van der Waals surface area contributed by atoms with E-state index in [9.17, 15) is 21.6 Å². The normalized spacial score (nSPS) is 16.7. The molecule has 0 atom stereocenters. The summed E-state index contributed by atoms with van der Waals surface area (Å²) in [5, 5.41) is 2.74. The van der Waals surface area contributed by atoms with Crippen LogP contribution in [0.1, 0.15) is 41.1 Å². The third-order valence-corrected chi connectivity index (χ3v) is 9.45. The van der Waals surface area contributed by atoms with Gasteiger partial charge < -0.3 is 9.73 Å². The Morgan fingerprint density at radius 3 is 2.49 bits per heavy atom. The summed E-state index contributed by atoms with van der Waals surface area (Å²) in [6.45, 7) is 0. The Balaban J connectivity index is 1.63. The van der Waals surface area contributed by atoms with Crippen LogP contribution >= 0.6 is 0 Å². The number of anilines is 1. The van der Waals surface area contributed by atoms with Crippen molar-refractivity contribution in [2.45, 2.75) is 41.2 Å². The van der Waals surface area contributed by atoms with Crippen molar-refractivity contribution in [2.24, 2.45) is 0 Å². The molecule has 0 spiro atoms. The van der Waals surface area contributed by atoms with Crippen molar-refractivity contribution in [3.05, 3.63) is 76.7 Å². The second-order valence-corrected chi connectivity index (χ2v) is 12.4. The van der Waals surface area contributed by atoms with Gasteiger partial charge in [0.05, 0.1) is 21.1 Å². The lowest BCUT2D eigenvalue weighted by Crippen LogP contribution is -2.18. The second-order valence-electron chi connectivity index (χ2n) is 8.55. The Labute approximate surface area is 204 Å². The summed E-state index contributed by atoms with van der Waals surface area (Å²) in [5.74, 6) is 0.394. The largest absolute Gasteiger partial charge is 0.461 e. The number of hydrogen-bond acceptors (Lipinski definition) is 6. The smallest absolute Gasteiger partial charge is 0.256 e. The minimum Gasteiger partial charge on any atom is -0.461 e. The van der Waals surface area contributed by atoms with E-state index in [2.05, 4.69) is 10.0 Å². The van der Waals surface area contributed by atoms with Gasteiger partial charge in [0.1, 0.15) is 11.5 Å². The molecule has 182 valence electrons. The zero-order valence-electron chi connectivity index (χ0n) is 19.0. The maximum absolute atomic E-state index is 13.2. The zero-order chi connectivity index (χ0) is 24.8. The molecule has 1 amide bonds. The molecule has 0 saturated heterocycles. The van der Waals surface area contributed by atoms with Crippen LogP contribution in [0.2, 0.25) is 0 Å². The van der Waals surface area contributed by atoms with Gasteiger partial charge in [-0.3, -0.25) is 4.79 Å². The van der Waals surface area contributed by atoms with Crippen molar-refractivity contribution in [1.29, 1.82) is 0 Å². The van der Waals surface area contributed by atoms with Crippen LogP contribution in [-0.4, -0.2) is 29.8 Å². The van der Waals surface area contributed by atoms with Crippen molar-refractivity contribution in [3.8, 4) is 0 Å². The van der Waals surface area contributed by atoms with Crippen LogP contribution < -0.4 is 10.0 Å². The maximum atomic E-state index is 13.2. The second kappa shape index (κ2) is 8.78. The van der Waals surface area contributed by atoms with Crippen LogP contribution in [-0.2, 0) is 43.2 Å². The molecular formula is C25H24N2O6S2. The first-order valence-corrected chi connectivity index (χ1v) is 14.4. The summed E-state index contributed by atoms with van der Waals surface area (Å²) in [4.78, 5) is 13.1. The molecule has 2 aromatic carbocycles. The fourth-order valence-electron chi connectivity index (χ4n) is 4.56. The van der Waals surface area contributed by atoms with E-state index in [1.807, 2.05) is 0 Å². The molecule has 2 aliphatic rings.